The molecule has 0 spiro atoms. The molecule has 0 saturated carbocycles. The third-order valence-electron chi connectivity index (χ3n) is 5.12. The van der Waals surface area contributed by atoms with E-state index in [0.717, 1.165) is 16.8 Å². The van der Waals surface area contributed by atoms with Crippen LogP contribution in [0, 0.1) is 6.92 Å². The molecule has 0 aromatic heterocycles. The van der Waals surface area contributed by atoms with E-state index in [2.05, 4.69) is 5.32 Å². The average Bonchev–Trinajstić information content (AvgIpc) is 3.14. The SMILES string of the molecule is Cc1cc(C(=O)N2CCOC(c3ccccc3)C2)ccc1N1CCNC1=O. The lowest BCUT2D eigenvalue weighted by Crippen LogP contribution is -2.42. The van der Waals surface area contributed by atoms with Gasteiger partial charge >= 0.3 is 6.03 Å². The molecule has 3 amide bonds. The number of morpholine rings is 1. The van der Waals surface area contributed by atoms with Crippen LogP contribution >= 0.6 is 0 Å². The Morgan fingerprint density at radius 2 is 1.96 bits per heavy atom. The van der Waals surface area contributed by atoms with Crippen LogP contribution < -0.4 is 10.2 Å². The highest BCUT2D eigenvalue weighted by atomic mass is 16.5. The zero-order chi connectivity index (χ0) is 18.8. The van der Waals surface area contributed by atoms with Crippen molar-refractivity contribution in [2.24, 2.45) is 0 Å². The minimum Gasteiger partial charge on any atom is -0.370 e. The molecule has 2 aliphatic heterocycles. The van der Waals surface area contributed by atoms with Crippen LogP contribution in [0.5, 0.6) is 0 Å². The molecule has 6 nitrogen and oxygen atoms in total. The number of aryl methyl sites for hydroxylation is 1. The van der Waals surface area contributed by atoms with Crippen molar-refractivity contribution in [2.45, 2.75) is 13.0 Å². The normalized spacial score (nSPS) is 19.9. The van der Waals surface area contributed by atoms with E-state index in [4.69, 9.17) is 4.74 Å². The highest BCUT2D eigenvalue weighted by molar-refractivity contribution is 5.98. The molecule has 2 fully saturated rings. The second kappa shape index (κ2) is 7.40. The summed E-state index contributed by atoms with van der Waals surface area (Å²) in [5.74, 6) is -0.000227. The summed E-state index contributed by atoms with van der Waals surface area (Å²) in [5, 5.41) is 2.80. The number of rotatable bonds is 3. The Hall–Kier alpha value is -2.86. The quantitative estimate of drug-likeness (QED) is 0.910. The van der Waals surface area contributed by atoms with Gasteiger partial charge in [0.05, 0.1) is 13.2 Å². The van der Waals surface area contributed by atoms with Gasteiger partial charge in [0.25, 0.3) is 5.91 Å². The van der Waals surface area contributed by atoms with Crippen molar-refractivity contribution in [1.82, 2.24) is 10.2 Å². The first-order valence-corrected chi connectivity index (χ1v) is 9.25. The molecule has 27 heavy (non-hydrogen) atoms. The Morgan fingerprint density at radius 3 is 2.67 bits per heavy atom. The summed E-state index contributed by atoms with van der Waals surface area (Å²) in [6, 6.07) is 15.4. The lowest BCUT2D eigenvalue weighted by molar-refractivity contribution is -0.0228. The van der Waals surface area contributed by atoms with E-state index < -0.39 is 0 Å². The fourth-order valence-electron chi connectivity index (χ4n) is 3.68. The van der Waals surface area contributed by atoms with E-state index in [-0.39, 0.29) is 18.0 Å². The Kier molecular flexibility index (Phi) is 4.81. The predicted octanol–water partition coefficient (Wildman–Crippen LogP) is 2.74. The number of urea groups is 1. The molecule has 0 aliphatic carbocycles. The molecule has 2 heterocycles. The molecule has 1 atom stereocenters. The number of amides is 3. The van der Waals surface area contributed by atoms with Crippen LogP contribution in [-0.2, 0) is 4.74 Å². The number of carbonyl (C=O) groups is 2. The average molecular weight is 365 g/mol. The van der Waals surface area contributed by atoms with Crippen molar-refractivity contribution >= 4 is 17.6 Å². The first kappa shape index (κ1) is 17.5. The molecule has 6 heteroatoms. The van der Waals surface area contributed by atoms with Gasteiger partial charge in [-0.2, -0.15) is 0 Å². The van der Waals surface area contributed by atoms with E-state index in [1.807, 2.05) is 60.4 Å². The van der Waals surface area contributed by atoms with E-state index in [9.17, 15) is 9.59 Å². The highest BCUT2D eigenvalue weighted by Crippen LogP contribution is 2.26. The van der Waals surface area contributed by atoms with Crippen LogP contribution in [0.2, 0.25) is 0 Å². The number of benzene rings is 2. The van der Waals surface area contributed by atoms with Crippen LogP contribution in [0.1, 0.15) is 27.6 Å². The van der Waals surface area contributed by atoms with Gasteiger partial charge in [0.15, 0.2) is 0 Å². The molecule has 2 aliphatic rings. The largest absolute Gasteiger partial charge is 0.370 e. The van der Waals surface area contributed by atoms with Gasteiger partial charge in [-0.05, 0) is 36.2 Å². The van der Waals surface area contributed by atoms with Gasteiger partial charge in [0.1, 0.15) is 6.10 Å². The number of nitrogens with zero attached hydrogens (tertiary/aromatic N) is 2. The third kappa shape index (κ3) is 3.53. The number of carbonyl (C=O) groups excluding carboxylic acids is 2. The maximum atomic E-state index is 13.0. The van der Waals surface area contributed by atoms with E-state index >= 15 is 0 Å². The number of anilines is 1. The molecular formula is C21H23N3O3. The fraction of sp³-hybridized carbons (Fsp3) is 0.333. The monoisotopic (exact) mass is 365 g/mol. The number of hydrogen-bond donors (Lipinski definition) is 1. The molecule has 4 rings (SSSR count). The summed E-state index contributed by atoms with van der Waals surface area (Å²) in [6.07, 6.45) is -0.0995. The van der Waals surface area contributed by atoms with E-state index in [1.54, 1.807) is 4.90 Å². The number of hydrogen-bond acceptors (Lipinski definition) is 3. The van der Waals surface area contributed by atoms with Crippen LogP contribution in [-0.4, -0.2) is 49.6 Å². The third-order valence-corrected chi connectivity index (χ3v) is 5.12. The molecule has 1 unspecified atom stereocenters. The highest BCUT2D eigenvalue weighted by Gasteiger charge is 2.27. The summed E-state index contributed by atoms with van der Waals surface area (Å²) in [4.78, 5) is 28.5. The minimum atomic E-state index is -0.0995. The van der Waals surface area contributed by atoms with Gasteiger partial charge in [-0.3, -0.25) is 9.69 Å². The lowest BCUT2D eigenvalue weighted by atomic mass is 10.1. The van der Waals surface area contributed by atoms with Crippen LogP contribution in [0.3, 0.4) is 0 Å². The second-order valence-corrected chi connectivity index (χ2v) is 6.91. The van der Waals surface area contributed by atoms with Gasteiger partial charge in [0.2, 0.25) is 0 Å². The van der Waals surface area contributed by atoms with Crippen molar-refractivity contribution in [3.63, 3.8) is 0 Å². The number of nitrogens with one attached hydrogen (secondary N) is 1. The van der Waals surface area contributed by atoms with Gasteiger partial charge in [-0.1, -0.05) is 30.3 Å². The summed E-state index contributed by atoms with van der Waals surface area (Å²) in [7, 11) is 0. The van der Waals surface area contributed by atoms with Crippen molar-refractivity contribution in [2.75, 3.05) is 37.7 Å². The van der Waals surface area contributed by atoms with Crippen LogP contribution in [0.15, 0.2) is 48.5 Å². The molecular weight excluding hydrogens is 342 g/mol. The maximum Gasteiger partial charge on any atom is 0.322 e. The Bertz CT molecular complexity index is 853. The molecule has 2 aromatic rings. The fourth-order valence-corrected chi connectivity index (χ4v) is 3.68. The summed E-state index contributed by atoms with van der Waals surface area (Å²) in [6.45, 7) is 4.87. The van der Waals surface area contributed by atoms with Crippen molar-refractivity contribution < 1.29 is 14.3 Å². The second-order valence-electron chi connectivity index (χ2n) is 6.91. The van der Waals surface area contributed by atoms with Gasteiger partial charge in [-0.25, -0.2) is 4.79 Å². The molecule has 2 aromatic carbocycles. The molecule has 0 bridgehead atoms. The van der Waals surface area contributed by atoms with Crippen LogP contribution in [0.25, 0.3) is 0 Å². The molecule has 0 radical (unpaired) electrons. The zero-order valence-electron chi connectivity index (χ0n) is 15.4. The first-order chi connectivity index (χ1) is 13.1. The molecule has 2 saturated heterocycles. The maximum absolute atomic E-state index is 13.0. The molecule has 140 valence electrons. The van der Waals surface area contributed by atoms with Gasteiger partial charge in [-0.15, -0.1) is 0 Å². The van der Waals surface area contributed by atoms with Crippen molar-refractivity contribution in [1.29, 1.82) is 0 Å². The number of ether oxygens (including phenoxy) is 1. The smallest absolute Gasteiger partial charge is 0.322 e. The Morgan fingerprint density at radius 1 is 1.15 bits per heavy atom. The van der Waals surface area contributed by atoms with Crippen molar-refractivity contribution in [3.05, 3.63) is 65.2 Å². The Balaban J connectivity index is 1.50. The Labute approximate surface area is 158 Å². The predicted molar refractivity (Wildman–Crippen MR) is 103 cm³/mol. The van der Waals surface area contributed by atoms with E-state index in [0.29, 0.717) is 38.3 Å². The lowest BCUT2D eigenvalue weighted by Gasteiger charge is -2.33. The van der Waals surface area contributed by atoms with Crippen molar-refractivity contribution in [3.8, 4) is 0 Å². The molecule has 1 N–H and O–H groups in total. The topological polar surface area (TPSA) is 61.9 Å². The van der Waals surface area contributed by atoms with E-state index in [1.165, 1.54) is 0 Å². The van der Waals surface area contributed by atoms with Crippen LogP contribution in [0.4, 0.5) is 10.5 Å². The summed E-state index contributed by atoms with van der Waals surface area (Å²) in [5.41, 5.74) is 3.50. The van der Waals surface area contributed by atoms with Gasteiger partial charge in [0, 0.05) is 30.9 Å². The summed E-state index contributed by atoms with van der Waals surface area (Å²) < 4.78 is 5.86. The first-order valence-electron chi connectivity index (χ1n) is 9.25. The summed E-state index contributed by atoms with van der Waals surface area (Å²) >= 11 is 0. The standard InChI is InChI=1S/C21H23N3O3/c1-15-13-17(7-8-18(15)24-10-9-22-21(24)26)20(25)23-11-12-27-19(14-23)16-5-3-2-4-6-16/h2-8,13,19H,9-12,14H2,1H3,(H,22,26). The van der Waals surface area contributed by atoms with Gasteiger partial charge < -0.3 is 15.0 Å². The minimum absolute atomic E-state index is 0.000227. The zero-order valence-corrected chi connectivity index (χ0v) is 15.4.